The van der Waals surface area contributed by atoms with Gasteiger partial charge in [0.2, 0.25) is 0 Å². The predicted molar refractivity (Wildman–Crippen MR) is 85.0 cm³/mol. The van der Waals surface area contributed by atoms with Crippen LogP contribution in [0.15, 0.2) is 4.99 Å². The van der Waals surface area contributed by atoms with E-state index in [1.807, 2.05) is 0 Å². The Morgan fingerprint density at radius 1 is 1.53 bits per heavy atom. The molecule has 4 nitrogen and oxygen atoms in total. The Morgan fingerprint density at radius 3 is 2.71 bits per heavy atom. The number of halogens is 1. The Hall–Kier alpha value is -0.0400. The number of rotatable bonds is 3. The lowest BCUT2D eigenvalue weighted by atomic mass is 9.93. The van der Waals surface area contributed by atoms with E-state index in [-0.39, 0.29) is 29.5 Å². The smallest absolute Gasteiger partial charge is 0.188 e. The zero-order valence-corrected chi connectivity index (χ0v) is 13.8. The molecule has 5 heteroatoms. The summed E-state index contributed by atoms with van der Waals surface area (Å²) in [5.74, 6) is 1.34. The van der Waals surface area contributed by atoms with E-state index in [1.54, 1.807) is 7.05 Å². The third-order valence-corrected chi connectivity index (χ3v) is 3.46. The van der Waals surface area contributed by atoms with E-state index in [9.17, 15) is 0 Å². The fourth-order valence-electron chi connectivity index (χ4n) is 2.24. The second-order valence-corrected chi connectivity index (χ2v) is 5.47. The van der Waals surface area contributed by atoms with Crippen LogP contribution in [-0.4, -0.2) is 43.1 Å². The van der Waals surface area contributed by atoms with Gasteiger partial charge in [0.05, 0.1) is 0 Å². The van der Waals surface area contributed by atoms with Crippen LogP contribution < -0.4 is 11.1 Å². The van der Waals surface area contributed by atoms with Crippen molar-refractivity contribution in [3.8, 4) is 0 Å². The summed E-state index contributed by atoms with van der Waals surface area (Å²) in [7, 11) is 1.71. The number of hydrogen-bond acceptors (Lipinski definition) is 2. The molecule has 0 aromatic heterocycles. The first-order valence-corrected chi connectivity index (χ1v) is 6.17. The summed E-state index contributed by atoms with van der Waals surface area (Å²) < 4.78 is 0. The van der Waals surface area contributed by atoms with Crippen molar-refractivity contribution in [2.24, 2.45) is 16.6 Å². The van der Waals surface area contributed by atoms with Gasteiger partial charge in [0.15, 0.2) is 5.96 Å². The van der Waals surface area contributed by atoms with Crippen LogP contribution in [0.4, 0.5) is 0 Å². The minimum absolute atomic E-state index is 0. The molecular formula is C12H27IN4. The average Bonchev–Trinajstić information content (AvgIpc) is 2.26. The first-order chi connectivity index (χ1) is 7.45. The molecule has 0 radical (unpaired) electrons. The molecule has 0 bridgehead atoms. The SMILES string of the molecule is CN=C(N)NCC(C)(C)N1CCCC(C)C1.I. The first kappa shape index (κ1) is 17.0. The van der Waals surface area contributed by atoms with Crippen molar-refractivity contribution < 1.29 is 0 Å². The zero-order valence-electron chi connectivity index (χ0n) is 11.5. The normalized spacial score (nSPS) is 23.1. The summed E-state index contributed by atoms with van der Waals surface area (Å²) in [4.78, 5) is 6.47. The van der Waals surface area contributed by atoms with E-state index in [0.717, 1.165) is 12.5 Å². The van der Waals surface area contributed by atoms with Crippen LogP contribution >= 0.6 is 24.0 Å². The summed E-state index contributed by atoms with van der Waals surface area (Å²) in [6.07, 6.45) is 2.67. The highest BCUT2D eigenvalue weighted by Crippen LogP contribution is 2.23. The van der Waals surface area contributed by atoms with Gasteiger partial charge >= 0.3 is 0 Å². The Morgan fingerprint density at radius 2 is 2.18 bits per heavy atom. The number of likely N-dealkylation sites (tertiary alicyclic amines) is 1. The molecule has 0 aromatic rings. The van der Waals surface area contributed by atoms with E-state index >= 15 is 0 Å². The lowest BCUT2D eigenvalue weighted by Gasteiger charge is -2.43. The van der Waals surface area contributed by atoms with Crippen LogP contribution in [0.3, 0.4) is 0 Å². The second-order valence-electron chi connectivity index (χ2n) is 5.47. The molecule has 1 saturated heterocycles. The summed E-state index contributed by atoms with van der Waals surface area (Å²) in [6, 6.07) is 0. The van der Waals surface area contributed by atoms with Crippen molar-refractivity contribution in [3.05, 3.63) is 0 Å². The van der Waals surface area contributed by atoms with Gasteiger partial charge in [-0.2, -0.15) is 0 Å². The zero-order chi connectivity index (χ0) is 12.2. The van der Waals surface area contributed by atoms with Crippen LogP contribution in [0, 0.1) is 5.92 Å². The quantitative estimate of drug-likeness (QED) is 0.460. The van der Waals surface area contributed by atoms with Gasteiger partial charge in [0.25, 0.3) is 0 Å². The highest BCUT2D eigenvalue weighted by Gasteiger charge is 2.29. The lowest BCUT2D eigenvalue weighted by molar-refractivity contribution is 0.0740. The Labute approximate surface area is 122 Å². The molecule has 0 aliphatic carbocycles. The Kier molecular flexibility index (Phi) is 7.39. The van der Waals surface area contributed by atoms with E-state index < -0.39 is 0 Å². The van der Waals surface area contributed by atoms with Gasteiger partial charge in [-0.15, -0.1) is 24.0 Å². The van der Waals surface area contributed by atoms with E-state index in [1.165, 1.54) is 25.9 Å². The third-order valence-electron chi connectivity index (χ3n) is 3.46. The Bertz CT molecular complexity index is 253. The lowest BCUT2D eigenvalue weighted by Crippen LogP contribution is -2.55. The standard InChI is InChI=1S/C12H26N4.HI/c1-10-6-5-7-16(8-10)12(2,3)9-15-11(13)14-4;/h10H,5-9H2,1-4H3,(H3,13,14,15);1H. The monoisotopic (exact) mass is 354 g/mol. The number of piperidine rings is 1. The number of guanidine groups is 1. The molecule has 102 valence electrons. The fraction of sp³-hybridized carbons (Fsp3) is 0.917. The summed E-state index contributed by atoms with van der Waals surface area (Å²) in [5, 5.41) is 3.17. The largest absolute Gasteiger partial charge is 0.370 e. The number of nitrogens with one attached hydrogen (secondary N) is 1. The molecule has 1 aliphatic heterocycles. The van der Waals surface area contributed by atoms with Crippen LogP contribution in [0.5, 0.6) is 0 Å². The first-order valence-electron chi connectivity index (χ1n) is 6.17. The molecule has 1 aliphatic rings. The van der Waals surface area contributed by atoms with Crippen LogP contribution in [-0.2, 0) is 0 Å². The Balaban J connectivity index is 0.00000256. The van der Waals surface area contributed by atoms with E-state index in [4.69, 9.17) is 5.73 Å². The maximum atomic E-state index is 5.66. The molecule has 0 aromatic carbocycles. The van der Waals surface area contributed by atoms with E-state index in [0.29, 0.717) is 5.96 Å². The summed E-state index contributed by atoms with van der Waals surface area (Å²) >= 11 is 0. The highest BCUT2D eigenvalue weighted by molar-refractivity contribution is 14.0. The average molecular weight is 354 g/mol. The molecule has 0 spiro atoms. The third kappa shape index (κ3) is 5.42. The minimum atomic E-state index is 0. The topological polar surface area (TPSA) is 53.6 Å². The molecule has 1 rings (SSSR count). The predicted octanol–water partition coefficient (Wildman–Crippen LogP) is 1.65. The van der Waals surface area contributed by atoms with Crippen molar-refractivity contribution in [1.82, 2.24) is 10.2 Å². The van der Waals surface area contributed by atoms with Gasteiger partial charge in [-0.25, -0.2) is 0 Å². The van der Waals surface area contributed by atoms with Gasteiger partial charge in [-0.3, -0.25) is 9.89 Å². The highest BCUT2D eigenvalue weighted by atomic mass is 127. The maximum absolute atomic E-state index is 5.66. The van der Waals surface area contributed by atoms with Crippen molar-refractivity contribution >= 4 is 29.9 Å². The van der Waals surface area contributed by atoms with Crippen molar-refractivity contribution in [2.45, 2.75) is 39.2 Å². The van der Waals surface area contributed by atoms with Crippen molar-refractivity contribution in [3.63, 3.8) is 0 Å². The molecular weight excluding hydrogens is 327 g/mol. The van der Waals surface area contributed by atoms with Gasteiger partial charge < -0.3 is 11.1 Å². The molecule has 3 N–H and O–H groups in total. The van der Waals surface area contributed by atoms with Crippen molar-refractivity contribution in [1.29, 1.82) is 0 Å². The molecule has 1 unspecified atom stereocenters. The minimum Gasteiger partial charge on any atom is -0.370 e. The second kappa shape index (κ2) is 7.41. The summed E-state index contributed by atoms with van der Waals surface area (Å²) in [6.45, 7) is 10.1. The van der Waals surface area contributed by atoms with Gasteiger partial charge in [0, 0.05) is 25.7 Å². The van der Waals surface area contributed by atoms with Crippen LogP contribution in [0.1, 0.15) is 33.6 Å². The maximum Gasteiger partial charge on any atom is 0.188 e. The molecule has 17 heavy (non-hydrogen) atoms. The molecule has 1 atom stereocenters. The van der Waals surface area contributed by atoms with Crippen LogP contribution in [0.25, 0.3) is 0 Å². The fourth-order valence-corrected chi connectivity index (χ4v) is 2.24. The van der Waals surface area contributed by atoms with Crippen molar-refractivity contribution in [2.75, 3.05) is 26.7 Å². The number of hydrogen-bond donors (Lipinski definition) is 2. The van der Waals surface area contributed by atoms with Gasteiger partial charge in [-0.1, -0.05) is 6.92 Å². The van der Waals surface area contributed by atoms with Crippen LogP contribution in [0.2, 0.25) is 0 Å². The van der Waals surface area contributed by atoms with Gasteiger partial charge in [-0.05, 0) is 39.2 Å². The molecule has 1 heterocycles. The number of nitrogens with zero attached hydrogens (tertiary/aromatic N) is 2. The van der Waals surface area contributed by atoms with Gasteiger partial charge in [0.1, 0.15) is 0 Å². The number of nitrogens with two attached hydrogens (primary N) is 1. The number of aliphatic imine (C=N–C) groups is 1. The summed E-state index contributed by atoms with van der Waals surface area (Å²) in [5.41, 5.74) is 5.80. The van der Waals surface area contributed by atoms with E-state index in [2.05, 4.69) is 36.0 Å². The molecule has 0 amide bonds. The molecule has 0 saturated carbocycles. The molecule has 1 fully saturated rings.